The number of hydrogen-bond acceptors (Lipinski definition) is 5. The maximum atomic E-state index is 12.3. The van der Waals surface area contributed by atoms with Crippen LogP contribution in [0.2, 0.25) is 0 Å². The maximum Gasteiger partial charge on any atom is 0.314 e. The van der Waals surface area contributed by atoms with Crippen LogP contribution in [0.15, 0.2) is 0 Å². The fourth-order valence-electron chi connectivity index (χ4n) is 1.99. The first kappa shape index (κ1) is 15.0. The molecule has 0 radical (unpaired) electrons. The molecule has 0 aromatic carbocycles. The van der Waals surface area contributed by atoms with E-state index in [1.165, 1.54) is 0 Å². The lowest BCUT2D eigenvalue weighted by molar-refractivity contribution is -0.171. The van der Waals surface area contributed by atoms with Crippen molar-refractivity contribution in [3.8, 4) is 0 Å². The van der Waals surface area contributed by atoms with Crippen LogP contribution in [-0.4, -0.2) is 37.2 Å². The minimum Gasteiger partial charge on any atom is -0.461 e. The predicted octanol–water partition coefficient (Wildman–Crippen LogP) is 1.26. The number of ether oxygens (including phenoxy) is 2. The molecule has 1 saturated heterocycles. The lowest BCUT2D eigenvalue weighted by Crippen LogP contribution is -2.48. The van der Waals surface area contributed by atoms with E-state index < -0.39 is 11.0 Å². The van der Waals surface area contributed by atoms with Crippen LogP contribution < -0.4 is 5.32 Å². The molecule has 5 heteroatoms. The van der Waals surface area contributed by atoms with Crippen LogP contribution in [0.5, 0.6) is 0 Å². The first-order chi connectivity index (χ1) is 8.27. The fourth-order valence-corrected chi connectivity index (χ4v) is 1.99. The van der Waals surface area contributed by atoms with Gasteiger partial charge in [0.05, 0.1) is 11.8 Å². The monoisotopic (exact) mass is 257 g/mol. The first-order valence-electron chi connectivity index (χ1n) is 6.34. The number of cyclic esters (lactones) is 1. The first-order valence-corrected chi connectivity index (χ1v) is 6.34. The van der Waals surface area contributed by atoms with E-state index in [4.69, 9.17) is 9.47 Å². The summed E-state index contributed by atoms with van der Waals surface area (Å²) in [6, 6.07) is -0.00313. The summed E-state index contributed by atoms with van der Waals surface area (Å²) >= 11 is 0. The molecule has 0 bridgehead atoms. The van der Waals surface area contributed by atoms with Gasteiger partial charge in [-0.25, -0.2) is 0 Å². The molecule has 0 saturated carbocycles. The second-order valence-corrected chi connectivity index (χ2v) is 5.46. The van der Waals surface area contributed by atoms with Crippen molar-refractivity contribution >= 4 is 11.9 Å². The van der Waals surface area contributed by atoms with Crippen LogP contribution in [0.1, 0.15) is 40.5 Å². The van der Waals surface area contributed by atoms with Crippen LogP contribution >= 0.6 is 0 Å². The maximum absolute atomic E-state index is 12.3. The highest BCUT2D eigenvalue weighted by molar-refractivity contribution is 5.79. The Hall–Kier alpha value is -1.10. The molecule has 1 N–H and O–H groups in total. The van der Waals surface area contributed by atoms with Crippen LogP contribution in [0, 0.1) is 5.41 Å². The van der Waals surface area contributed by atoms with Gasteiger partial charge in [0, 0.05) is 6.04 Å². The average Bonchev–Trinajstić information content (AvgIpc) is 2.66. The van der Waals surface area contributed by atoms with Crippen molar-refractivity contribution in [2.24, 2.45) is 5.41 Å². The van der Waals surface area contributed by atoms with E-state index >= 15 is 0 Å². The molecule has 18 heavy (non-hydrogen) atoms. The molecule has 104 valence electrons. The van der Waals surface area contributed by atoms with Crippen molar-refractivity contribution < 1.29 is 19.1 Å². The molecule has 3 unspecified atom stereocenters. The molecule has 1 rings (SSSR count). The van der Waals surface area contributed by atoms with Crippen molar-refractivity contribution in [2.45, 2.75) is 52.2 Å². The van der Waals surface area contributed by atoms with Crippen molar-refractivity contribution in [3.05, 3.63) is 0 Å². The highest BCUT2D eigenvalue weighted by Gasteiger charge is 2.45. The smallest absolute Gasteiger partial charge is 0.314 e. The summed E-state index contributed by atoms with van der Waals surface area (Å²) < 4.78 is 10.4. The predicted molar refractivity (Wildman–Crippen MR) is 67.0 cm³/mol. The van der Waals surface area contributed by atoms with Gasteiger partial charge in [0.1, 0.15) is 6.61 Å². The zero-order chi connectivity index (χ0) is 14.0. The van der Waals surface area contributed by atoms with E-state index in [1.54, 1.807) is 6.92 Å². The van der Waals surface area contributed by atoms with Gasteiger partial charge in [-0.15, -0.1) is 0 Å². The average molecular weight is 257 g/mol. The van der Waals surface area contributed by atoms with E-state index in [-0.39, 0.29) is 31.0 Å². The molecule has 0 aliphatic carbocycles. The van der Waals surface area contributed by atoms with E-state index in [1.807, 2.05) is 27.8 Å². The van der Waals surface area contributed by atoms with E-state index in [2.05, 4.69) is 5.32 Å². The summed E-state index contributed by atoms with van der Waals surface area (Å²) in [5, 5.41) is 3.08. The lowest BCUT2D eigenvalue weighted by Gasteiger charge is -2.35. The number of esters is 2. The molecular formula is C13H23NO4. The standard InChI is InChI=1S/C13H23NO4/c1-6-13(4,9(2)14-5)11(16)18-12(3)7-10(15)17-8-12/h9,14H,6-8H2,1-5H3. The van der Waals surface area contributed by atoms with Crippen molar-refractivity contribution in [3.63, 3.8) is 0 Å². The van der Waals surface area contributed by atoms with Gasteiger partial charge >= 0.3 is 11.9 Å². The van der Waals surface area contributed by atoms with Gasteiger partial charge in [-0.05, 0) is 34.2 Å². The van der Waals surface area contributed by atoms with Gasteiger partial charge in [0.15, 0.2) is 5.60 Å². The highest BCUT2D eigenvalue weighted by Crippen LogP contribution is 2.32. The van der Waals surface area contributed by atoms with E-state index in [9.17, 15) is 9.59 Å². The van der Waals surface area contributed by atoms with Gasteiger partial charge in [0.2, 0.25) is 0 Å². The quantitative estimate of drug-likeness (QED) is 0.751. The summed E-state index contributed by atoms with van der Waals surface area (Å²) in [5.41, 5.74) is -1.43. The van der Waals surface area contributed by atoms with E-state index in [0.29, 0.717) is 6.42 Å². The number of rotatable bonds is 5. The minimum atomic E-state index is -0.821. The number of carbonyl (C=O) groups is 2. The molecule has 3 atom stereocenters. The zero-order valence-corrected chi connectivity index (χ0v) is 11.8. The summed E-state index contributed by atoms with van der Waals surface area (Å²) in [7, 11) is 1.82. The molecule has 0 amide bonds. The topological polar surface area (TPSA) is 64.6 Å². The largest absolute Gasteiger partial charge is 0.461 e. The lowest BCUT2D eigenvalue weighted by atomic mass is 9.80. The van der Waals surface area contributed by atoms with E-state index in [0.717, 1.165) is 0 Å². The Morgan fingerprint density at radius 3 is 2.67 bits per heavy atom. The van der Waals surface area contributed by atoms with Gasteiger partial charge in [-0.2, -0.15) is 0 Å². The molecule has 1 aliphatic heterocycles. The van der Waals surface area contributed by atoms with Crippen molar-refractivity contribution in [2.75, 3.05) is 13.7 Å². The summed E-state index contributed by atoms with van der Waals surface area (Å²) in [4.78, 5) is 23.5. The molecule has 1 aliphatic rings. The second kappa shape index (κ2) is 5.26. The molecule has 0 spiro atoms. The van der Waals surface area contributed by atoms with Gasteiger partial charge in [0.25, 0.3) is 0 Å². The number of nitrogens with one attached hydrogen (secondary N) is 1. The van der Waals surface area contributed by atoms with Crippen LogP contribution in [0.4, 0.5) is 0 Å². The molecule has 1 heterocycles. The summed E-state index contributed by atoms with van der Waals surface area (Å²) in [5.74, 6) is -0.599. The van der Waals surface area contributed by atoms with Crippen LogP contribution in [0.3, 0.4) is 0 Å². The molecule has 0 aromatic rings. The van der Waals surface area contributed by atoms with Crippen LogP contribution in [0.25, 0.3) is 0 Å². The van der Waals surface area contributed by atoms with Gasteiger partial charge < -0.3 is 14.8 Å². The zero-order valence-electron chi connectivity index (χ0n) is 11.8. The molecule has 1 fully saturated rings. The van der Waals surface area contributed by atoms with Crippen LogP contribution in [-0.2, 0) is 19.1 Å². The number of carbonyl (C=O) groups excluding carboxylic acids is 2. The second-order valence-electron chi connectivity index (χ2n) is 5.46. The third kappa shape index (κ3) is 2.83. The van der Waals surface area contributed by atoms with Crippen molar-refractivity contribution in [1.82, 2.24) is 5.32 Å². The summed E-state index contributed by atoms with van der Waals surface area (Å²) in [6.45, 7) is 7.65. The van der Waals surface area contributed by atoms with Crippen molar-refractivity contribution in [1.29, 1.82) is 0 Å². The minimum absolute atomic E-state index is 0.00313. The van der Waals surface area contributed by atoms with Gasteiger partial charge in [-0.1, -0.05) is 6.92 Å². The normalized spacial score (nSPS) is 28.4. The summed E-state index contributed by atoms with van der Waals surface area (Å²) in [6.07, 6.45) is 0.797. The third-order valence-electron chi connectivity index (χ3n) is 3.99. The van der Waals surface area contributed by atoms with Gasteiger partial charge in [-0.3, -0.25) is 9.59 Å². The Kier molecular flexibility index (Phi) is 4.37. The Morgan fingerprint density at radius 1 is 1.67 bits per heavy atom. The SMILES string of the molecule is CCC(C)(C(=O)OC1(C)COC(=O)C1)C(C)NC. The highest BCUT2D eigenvalue weighted by atomic mass is 16.6. The fraction of sp³-hybridized carbons (Fsp3) is 0.846. The molecular weight excluding hydrogens is 234 g/mol. The Bertz CT molecular complexity index is 344. The number of hydrogen-bond donors (Lipinski definition) is 1. The molecule has 5 nitrogen and oxygen atoms in total. The Labute approximate surface area is 108 Å². The Morgan fingerprint density at radius 2 is 2.28 bits per heavy atom. The Balaban J connectivity index is 2.77. The molecule has 0 aromatic heterocycles. The third-order valence-corrected chi connectivity index (χ3v) is 3.99.